The van der Waals surface area contributed by atoms with Gasteiger partial charge < -0.3 is 18.9 Å². The van der Waals surface area contributed by atoms with Gasteiger partial charge in [-0.1, -0.05) is 133 Å². The number of rotatable bonds is 5. The van der Waals surface area contributed by atoms with Gasteiger partial charge in [-0.05, 0) is 77.4 Å². The van der Waals surface area contributed by atoms with Gasteiger partial charge in [0, 0.05) is 49.4 Å². The zero-order chi connectivity index (χ0) is 37.5. The van der Waals surface area contributed by atoms with E-state index in [1.165, 1.54) is 38.1 Å². The molecule has 3 aromatic heterocycles. The topological polar surface area (TPSA) is 47.1 Å². The molecule has 270 valence electrons. The highest BCUT2D eigenvalue weighted by Gasteiger charge is 2.27. The quantitative estimate of drug-likeness (QED) is 0.185. The number of aromatic nitrogens is 2. The van der Waals surface area contributed by atoms with Crippen molar-refractivity contribution < 1.29 is 4.42 Å². The van der Waals surface area contributed by atoms with Crippen LogP contribution in [0.25, 0.3) is 82.6 Å². The monoisotopic (exact) mass is 732 g/mol. The number of furan rings is 1. The minimum absolute atomic E-state index is 0.0281. The molecule has 1 aliphatic heterocycles. The fourth-order valence-electron chi connectivity index (χ4n) is 9.29. The molecule has 12 rings (SSSR count). The lowest BCUT2D eigenvalue weighted by atomic mass is 9.98. The summed E-state index contributed by atoms with van der Waals surface area (Å²) in [6.07, 6.45) is 2.16. The van der Waals surface area contributed by atoms with Crippen LogP contribution in [-0.4, -0.2) is 9.13 Å². The number of nitrogens with one attached hydrogen (secondary N) is 2. The van der Waals surface area contributed by atoms with Crippen LogP contribution in [0.3, 0.4) is 0 Å². The molecule has 0 saturated carbocycles. The number of fused-ring (bicyclic) bond motifs is 11. The molecule has 1 aliphatic rings. The van der Waals surface area contributed by atoms with Crippen LogP contribution in [0.2, 0.25) is 0 Å². The van der Waals surface area contributed by atoms with Gasteiger partial charge in [0.05, 0.1) is 28.1 Å². The Kier molecular flexibility index (Phi) is 7.06. The van der Waals surface area contributed by atoms with E-state index >= 15 is 0 Å². The third-order valence-corrected chi connectivity index (χ3v) is 11.8. The van der Waals surface area contributed by atoms with Crippen molar-refractivity contribution in [1.29, 1.82) is 0 Å². The smallest absolute Gasteiger partial charge is 0.136 e. The molecule has 2 atom stereocenters. The Morgan fingerprint density at radius 1 is 0.439 bits per heavy atom. The lowest BCUT2D eigenvalue weighted by molar-refractivity contribution is 0.442. The summed E-state index contributed by atoms with van der Waals surface area (Å²) >= 11 is 0. The number of hydrogen-bond acceptors (Lipinski definition) is 3. The first-order valence-electron chi connectivity index (χ1n) is 19.6. The van der Waals surface area contributed by atoms with Gasteiger partial charge in [-0.25, -0.2) is 0 Å². The average molecular weight is 733 g/mol. The minimum atomic E-state index is -0.139. The van der Waals surface area contributed by atoms with E-state index in [0.717, 1.165) is 61.2 Å². The van der Waals surface area contributed by atoms with Crippen LogP contribution in [0.4, 0.5) is 0 Å². The number of para-hydroxylation sites is 3. The predicted octanol–water partition coefficient (Wildman–Crippen LogP) is 12.8. The van der Waals surface area contributed by atoms with E-state index in [2.05, 4.69) is 214 Å². The van der Waals surface area contributed by atoms with Crippen LogP contribution in [-0.2, 0) is 0 Å². The average Bonchev–Trinajstić information content (AvgIpc) is 3.95. The summed E-state index contributed by atoms with van der Waals surface area (Å²) in [7, 11) is 0. The molecule has 2 unspecified atom stereocenters. The SMILES string of the molecule is C1=C(c2ccccc2)NC(c2cccc(-n3c4ccc5oc6ccccc6c5c4c4c3ccc3c5ccccc5n(-c5ccccc5)c34)c2)NC1c1ccccc1. The normalized spacial score (nSPS) is 15.9. The molecular formula is C52H36N4O. The van der Waals surface area contributed by atoms with Crippen LogP contribution in [0.5, 0.6) is 0 Å². The Bertz CT molecular complexity index is 3360. The summed E-state index contributed by atoms with van der Waals surface area (Å²) in [4.78, 5) is 0. The fraction of sp³-hybridized carbons (Fsp3) is 0.0385. The zero-order valence-electron chi connectivity index (χ0n) is 30.9. The van der Waals surface area contributed by atoms with E-state index in [9.17, 15) is 0 Å². The van der Waals surface area contributed by atoms with E-state index in [1.807, 2.05) is 0 Å². The summed E-state index contributed by atoms with van der Waals surface area (Å²) in [6.45, 7) is 0. The molecule has 0 spiro atoms. The van der Waals surface area contributed by atoms with E-state index in [-0.39, 0.29) is 12.2 Å². The fourth-order valence-corrected chi connectivity index (χ4v) is 9.29. The first-order chi connectivity index (χ1) is 28.3. The van der Waals surface area contributed by atoms with Crippen molar-refractivity contribution >= 4 is 71.2 Å². The predicted molar refractivity (Wildman–Crippen MR) is 235 cm³/mol. The van der Waals surface area contributed by atoms with Gasteiger partial charge in [0.15, 0.2) is 0 Å². The number of benzene rings is 8. The van der Waals surface area contributed by atoms with E-state index in [0.29, 0.717) is 0 Å². The van der Waals surface area contributed by atoms with Crippen LogP contribution < -0.4 is 10.6 Å². The highest BCUT2D eigenvalue weighted by Crippen LogP contribution is 2.46. The van der Waals surface area contributed by atoms with Crippen molar-refractivity contribution in [1.82, 2.24) is 19.8 Å². The maximum Gasteiger partial charge on any atom is 0.136 e. The third kappa shape index (κ3) is 4.93. The summed E-state index contributed by atoms with van der Waals surface area (Å²) < 4.78 is 11.5. The Hall–Kier alpha value is -7.34. The van der Waals surface area contributed by atoms with Crippen molar-refractivity contribution in [3.63, 3.8) is 0 Å². The van der Waals surface area contributed by atoms with Crippen LogP contribution >= 0.6 is 0 Å². The molecule has 5 heteroatoms. The molecule has 0 saturated heterocycles. The standard InChI is InChI=1S/C52H36N4O/c1-4-15-33(16-5-1)41-32-42(34-17-6-2-7-18-34)54-52(53-41)35-19-14-22-37(31-35)55-44-29-30-47-48(40-24-11-13-26-46(40)57-47)49(44)50-45(55)28-27-39-38-23-10-12-25-43(38)56(51(39)50)36-20-8-3-9-21-36/h1-32,41,52-54H. The second kappa shape index (κ2) is 12.6. The van der Waals surface area contributed by atoms with E-state index in [1.54, 1.807) is 0 Å². The van der Waals surface area contributed by atoms with Gasteiger partial charge >= 0.3 is 0 Å². The summed E-state index contributed by atoms with van der Waals surface area (Å²) in [6, 6.07) is 67.3. The maximum absolute atomic E-state index is 6.56. The first kappa shape index (κ1) is 32.0. The molecule has 57 heavy (non-hydrogen) atoms. The van der Waals surface area contributed by atoms with Gasteiger partial charge in [-0.2, -0.15) is 0 Å². The first-order valence-corrected chi connectivity index (χ1v) is 19.6. The van der Waals surface area contributed by atoms with Crippen molar-refractivity contribution in [2.24, 2.45) is 0 Å². The van der Waals surface area contributed by atoms with Gasteiger partial charge in [0.1, 0.15) is 17.3 Å². The van der Waals surface area contributed by atoms with Crippen LogP contribution in [0.15, 0.2) is 199 Å². The molecule has 11 aromatic rings. The molecule has 8 aromatic carbocycles. The Balaban J connectivity index is 1.14. The van der Waals surface area contributed by atoms with Crippen molar-refractivity contribution in [3.8, 4) is 11.4 Å². The molecule has 0 aliphatic carbocycles. The van der Waals surface area contributed by atoms with Crippen molar-refractivity contribution in [2.45, 2.75) is 12.2 Å². The summed E-state index contributed by atoms with van der Waals surface area (Å²) in [5.41, 5.74) is 13.3. The van der Waals surface area contributed by atoms with Gasteiger partial charge in [-0.3, -0.25) is 5.32 Å². The molecule has 4 heterocycles. The van der Waals surface area contributed by atoms with E-state index in [4.69, 9.17) is 4.42 Å². The molecule has 0 bridgehead atoms. The zero-order valence-corrected chi connectivity index (χ0v) is 30.9. The van der Waals surface area contributed by atoms with Crippen molar-refractivity contribution in [3.05, 3.63) is 211 Å². The lowest BCUT2D eigenvalue weighted by Crippen LogP contribution is -2.39. The molecular weight excluding hydrogens is 697 g/mol. The minimum Gasteiger partial charge on any atom is -0.456 e. The van der Waals surface area contributed by atoms with Crippen LogP contribution in [0.1, 0.15) is 28.9 Å². The Morgan fingerprint density at radius 3 is 1.95 bits per heavy atom. The van der Waals surface area contributed by atoms with Gasteiger partial charge in [0.2, 0.25) is 0 Å². The Morgan fingerprint density at radius 2 is 1.11 bits per heavy atom. The van der Waals surface area contributed by atoms with Crippen LogP contribution in [0, 0.1) is 0 Å². The number of nitrogens with zero attached hydrogens (tertiary/aromatic N) is 2. The molecule has 0 radical (unpaired) electrons. The summed E-state index contributed by atoms with van der Waals surface area (Å²) in [5.74, 6) is 0. The second-order valence-electron chi connectivity index (χ2n) is 15.0. The second-order valence-corrected chi connectivity index (χ2v) is 15.0. The summed E-state index contributed by atoms with van der Waals surface area (Å²) in [5, 5.41) is 14.9. The van der Waals surface area contributed by atoms with Gasteiger partial charge in [-0.15, -0.1) is 0 Å². The highest BCUT2D eigenvalue weighted by atomic mass is 16.3. The van der Waals surface area contributed by atoms with E-state index < -0.39 is 0 Å². The third-order valence-electron chi connectivity index (χ3n) is 11.8. The van der Waals surface area contributed by atoms with Crippen molar-refractivity contribution in [2.75, 3.05) is 0 Å². The molecule has 0 amide bonds. The number of hydrogen-bond donors (Lipinski definition) is 2. The largest absolute Gasteiger partial charge is 0.456 e. The lowest BCUT2D eigenvalue weighted by Gasteiger charge is -2.33. The highest BCUT2D eigenvalue weighted by molar-refractivity contribution is 6.34. The molecule has 0 fully saturated rings. The maximum atomic E-state index is 6.56. The Labute approximate surface area is 328 Å². The van der Waals surface area contributed by atoms with Gasteiger partial charge in [0.25, 0.3) is 0 Å². The molecule has 2 N–H and O–H groups in total. The molecule has 5 nitrogen and oxygen atoms in total.